The standard InChI is InChI=1S/C51H80O29/c52-19-3-1-17(2-4-19)28-12-25(56)37-24(55)9-21(10-30(37)75-28)74-50-46(69)43(66)40(63)33(79-50)15-72-36(60)13-35(59)71-14-32-39(62)42(65)45(68)49(78-32)73-16-34-41(64)44(67)47(70)51(80-34)77-31-11-22-23(54)7-20(53)8-29(22)76-48(31)18-5-26(57)38(61)27(58)6-18/h17-24,26-34,37-55,57-58,61-70H,1-16H2. The molecule has 9 fully saturated rings. The molecular formula is C51H80O29. The van der Waals surface area contributed by atoms with Crippen LogP contribution in [0.2, 0.25) is 0 Å². The number of aliphatic hydroxyl groups excluding tert-OH is 16. The second-order valence-corrected chi connectivity index (χ2v) is 23.5. The lowest BCUT2D eigenvalue weighted by molar-refractivity contribution is -0.347. The first kappa shape index (κ1) is 62.2. The lowest BCUT2D eigenvalue weighted by Gasteiger charge is -2.51. The molecule has 0 radical (unpaired) electrons. The highest BCUT2D eigenvalue weighted by Gasteiger charge is 2.55. The van der Waals surface area contributed by atoms with Gasteiger partial charge in [-0.15, -0.1) is 0 Å². The first-order valence-corrected chi connectivity index (χ1v) is 27.9. The zero-order valence-electron chi connectivity index (χ0n) is 43.8. The van der Waals surface area contributed by atoms with Crippen molar-refractivity contribution in [1.29, 1.82) is 0 Å². The van der Waals surface area contributed by atoms with Crippen LogP contribution in [0, 0.1) is 23.7 Å². The van der Waals surface area contributed by atoms with Crippen molar-refractivity contribution < 1.29 is 143 Å². The van der Waals surface area contributed by atoms with Crippen molar-refractivity contribution in [2.24, 2.45) is 23.7 Å². The van der Waals surface area contributed by atoms with Gasteiger partial charge >= 0.3 is 11.9 Å². The van der Waals surface area contributed by atoms with Crippen LogP contribution in [0.3, 0.4) is 0 Å². The molecule has 9 aliphatic rings. The topological polar surface area (TPSA) is 467 Å². The third kappa shape index (κ3) is 13.8. The van der Waals surface area contributed by atoms with E-state index in [0.717, 1.165) is 0 Å². The molecule has 29 heteroatoms. The van der Waals surface area contributed by atoms with Gasteiger partial charge in [-0.2, -0.15) is 0 Å². The number of ether oxygens (including phenoxy) is 10. The molecule has 5 aliphatic heterocycles. The van der Waals surface area contributed by atoms with Gasteiger partial charge in [-0.1, -0.05) is 0 Å². The third-order valence-corrected chi connectivity index (χ3v) is 17.9. The fourth-order valence-corrected chi connectivity index (χ4v) is 13.3. The molecule has 0 spiro atoms. The minimum atomic E-state index is -1.99. The molecule has 5 saturated heterocycles. The van der Waals surface area contributed by atoms with Crippen LogP contribution in [0.15, 0.2) is 0 Å². The van der Waals surface area contributed by atoms with Crippen molar-refractivity contribution >= 4 is 17.7 Å². The predicted molar refractivity (Wildman–Crippen MR) is 256 cm³/mol. The van der Waals surface area contributed by atoms with Crippen LogP contribution in [0.1, 0.15) is 83.5 Å². The lowest BCUT2D eigenvalue weighted by atomic mass is 9.72. The Morgan fingerprint density at radius 1 is 0.438 bits per heavy atom. The summed E-state index contributed by atoms with van der Waals surface area (Å²) in [5, 5.41) is 171. The summed E-state index contributed by atoms with van der Waals surface area (Å²) in [6.45, 7) is -2.35. The number of rotatable bonds is 15. The van der Waals surface area contributed by atoms with Crippen molar-refractivity contribution in [1.82, 2.24) is 0 Å². The van der Waals surface area contributed by atoms with Gasteiger partial charge in [0.25, 0.3) is 0 Å². The molecule has 16 N–H and O–H groups in total. The molecule has 0 bridgehead atoms. The molecule has 28 atom stereocenters. The summed E-state index contributed by atoms with van der Waals surface area (Å²) in [4.78, 5) is 38.8. The van der Waals surface area contributed by atoms with Gasteiger partial charge in [0.15, 0.2) is 18.9 Å². The molecule has 80 heavy (non-hydrogen) atoms. The van der Waals surface area contributed by atoms with Crippen molar-refractivity contribution in [3.63, 3.8) is 0 Å². The zero-order valence-corrected chi connectivity index (χ0v) is 43.8. The van der Waals surface area contributed by atoms with Crippen LogP contribution in [-0.4, -0.2) is 291 Å². The molecule has 29 nitrogen and oxygen atoms in total. The Balaban J connectivity index is 0.743. The summed E-state index contributed by atoms with van der Waals surface area (Å²) in [6.07, 6.45) is -37.3. The van der Waals surface area contributed by atoms with E-state index in [1.54, 1.807) is 0 Å². The molecule has 4 aliphatic carbocycles. The molecule has 458 valence electrons. The van der Waals surface area contributed by atoms with Crippen LogP contribution in [0.5, 0.6) is 0 Å². The molecule has 5 heterocycles. The average Bonchev–Trinajstić information content (AvgIpc) is 3.53. The number of aliphatic hydroxyl groups is 16. The first-order chi connectivity index (χ1) is 37.9. The molecule has 0 aromatic carbocycles. The Morgan fingerprint density at radius 3 is 1.56 bits per heavy atom. The fraction of sp³-hybridized carbons (Fsp3) is 0.941. The predicted octanol–water partition coefficient (Wildman–Crippen LogP) is -7.50. The van der Waals surface area contributed by atoms with Crippen molar-refractivity contribution in [2.75, 3.05) is 19.8 Å². The second kappa shape index (κ2) is 26.5. The molecular weight excluding hydrogens is 1080 g/mol. The maximum absolute atomic E-state index is 13.2. The van der Waals surface area contributed by atoms with E-state index in [1.807, 2.05) is 0 Å². The van der Waals surface area contributed by atoms with E-state index in [4.69, 9.17) is 47.4 Å². The van der Waals surface area contributed by atoms with Crippen molar-refractivity contribution in [2.45, 2.75) is 255 Å². The summed E-state index contributed by atoms with van der Waals surface area (Å²) in [6, 6.07) is 0. The third-order valence-electron chi connectivity index (χ3n) is 17.9. The van der Waals surface area contributed by atoms with Crippen LogP contribution >= 0.6 is 0 Å². The molecule has 0 aromatic rings. The van der Waals surface area contributed by atoms with Gasteiger partial charge < -0.3 is 129 Å². The number of Topliss-reactive ketones (excluding diaryl/α,β-unsaturated/α-hetero) is 1. The minimum absolute atomic E-state index is 0.0384. The summed E-state index contributed by atoms with van der Waals surface area (Å²) >= 11 is 0. The molecule has 4 saturated carbocycles. The van der Waals surface area contributed by atoms with Gasteiger partial charge in [0.1, 0.15) is 105 Å². The number of ketones is 1. The van der Waals surface area contributed by atoms with Gasteiger partial charge in [-0.05, 0) is 69.6 Å². The van der Waals surface area contributed by atoms with Crippen LogP contribution in [0.4, 0.5) is 0 Å². The van der Waals surface area contributed by atoms with Crippen LogP contribution in [0.25, 0.3) is 0 Å². The molecule has 9 rings (SSSR count). The number of carbonyl (C=O) groups excluding carboxylic acids is 3. The highest BCUT2D eigenvalue weighted by molar-refractivity contribution is 5.91. The Kier molecular flexibility index (Phi) is 20.6. The Labute approximate surface area is 458 Å². The van der Waals surface area contributed by atoms with E-state index in [1.165, 1.54) is 0 Å². The van der Waals surface area contributed by atoms with Gasteiger partial charge in [0.2, 0.25) is 0 Å². The SMILES string of the molecule is O=C(CC(=O)OCC1OC(OC2CC(O)C3C(=O)CC(C4CCC(O)CC4)OC3C2)C(O)C(O)C1O)OCC1OC(OCC2OC(OC3CC4C(O)CC(O)CC4OC3C3CC(O)C(O)C(O)C3)C(O)C(O)C2O)C(O)C(O)C1O. The smallest absolute Gasteiger partial charge is 0.317 e. The van der Waals surface area contributed by atoms with Gasteiger partial charge in [0, 0.05) is 25.2 Å². The van der Waals surface area contributed by atoms with Crippen molar-refractivity contribution in [3.05, 3.63) is 0 Å². The van der Waals surface area contributed by atoms with Crippen molar-refractivity contribution in [3.8, 4) is 0 Å². The van der Waals surface area contributed by atoms with E-state index < -0.39 is 227 Å². The summed E-state index contributed by atoms with van der Waals surface area (Å²) in [5.41, 5.74) is 0. The Hall–Kier alpha value is -2.35. The fourth-order valence-electron chi connectivity index (χ4n) is 13.3. The summed E-state index contributed by atoms with van der Waals surface area (Å²) in [7, 11) is 0. The highest BCUT2D eigenvalue weighted by atomic mass is 16.7. The maximum atomic E-state index is 13.2. The zero-order chi connectivity index (χ0) is 57.6. The highest BCUT2D eigenvalue weighted by Crippen LogP contribution is 2.45. The van der Waals surface area contributed by atoms with E-state index in [-0.39, 0.29) is 63.1 Å². The quantitative estimate of drug-likeness (QED) is 0.0535. The van der Waals surface area contributed by atoms with Crippen LogP contribution < -0.4 is 0 Å². The summed E-state index contributed by atoms with van der Waals surface area (Å²) in [5.74, 6) is -4.58. The normalized spacial score (nSPS) is 51.1. The molecule has 28 unspecified atom stereocenters. The molecule has 0 amide bonds. The van der Waals surface area contributed by atoms with E-state index in [9.17, 15) is 96.1 Å². The maximum Gasteiger partial charge on any atom is 0.317 e. The van der Waals surface area contributed by atoms with Gasteiger partial charge in [-0.3, -0.25) is 14.4 Å². The average molecular weight is 1160 g/mol. The lowest BCUT2D eigenvalue weighted by Crippen LogP contribution is -2.63. The molecule has 0 aromatic heterocycles. The van der Waals surface area contributed by atoms with E-state index in [0.29, 0.717) is 25.7 Å². The first-order valence-electron chi connectivity index (χ1n) is 27.9. The minimum Gasteiger partial charge on any atom is -0.462 e. The Bertz CT molecular complexity index is 2040. The number of carbonyl (C=O) groups is 3. The summed E-state index contributed by atoms with van der Waals surface area (Å²) < 4.78 is 58.0. The van der Waals surface area contributed by atoms with Gasteiger partial charge in [-0.25, -0.2) is 0 Å². The monoisotopic (exact) mass is 1160 g/mol. The van der Waals surface area contributed by atoms with E-state index in [2.05, 4.69) is 0 Å². The number of hydrogen-bond acceptors (Lipinski definition) is 29. The Morgan fingerprint density at radius 2 is 0.975 bits per heavy atom. The largest absolute Gasteiger partial charge is 0.462 e. The number of fused-ring (bicyclic) bond motifs is 2. The second-order valence-electron chi connectivity index (χ2n) is 23.5. The van der Waals surface area contributed by atoms with Crippen LogP contribution in [-0.2, 0) is 61.8 Å². The van der Waals surface area contributed by atoms with Gasteiger partial charge in [0.05, 0.1) is 85.8 Å². The van der Waals surface area contributed by atoms with E-state index >= 15 is 0 Å². The number of hydrogen-bond donors (Lipinski definition) is 16. The number of esters is 2.